The standard InChI is InChI=1S/C25H24N4O/c30-25(20-7-9-22(10-8-20)28-15-3-4-16-28)27-21-12-17-29(18-13-21)24-23-6-2-1-5-19(23)11-14-26-24/h1-11,14-16,21H,12-13,17-18H2,(H,27,30). The van der Waals surface area contributed by atoms with Crippen molar-refractivity contribution in [2.75, 3.05) is 18.0 Å². The van der Waals surface area contributed by atoms with Gasteiger partial charge in [-0.1, -0.05) is 24.3 Å². The minimum atomic E-state index is -0.00390. The lowest BCUT2D eigenvalue weighted by Gasteiger charge is -2.33. The van der Waals surface area contributed by atoms with E-state index in [2.05, 4.69) is 39.5 Å². The van der Waals surface area contributed by atoms with Gasteiger partial charge in [0.1, 0.15) is 5.82 Å². The van der Waals surface area contributed by atoms with Gasteiger partial charge in [0, 0.05) is 54.4 Å². The van der Waals surface area contributed by atoms with Gasteiger partial charge in [-0.05, 0) is 60.7 Å². The molecule has 2 aromatic carbocycles. The molecule has 1 aliphatic heterocycles. The van der Waals surface area contributed by atoms with Crippen molar-refractivity contribution >= 4 is 22.5 Å². The number of hydrogen-bond donors (Lipinski definition) is 1. The molecule has 0 spiro atoms. The summed E-state index contributed by atoms with van der Waals surface area (Å²) in [5, 5.41) is 5.60. The quantitative estimate of drug-likeness (QED) is 0.555. The Morgan fingerprint density at radius 3 is 2.40 bits per heavy atom. The number of piperidine rings is 1. The van der Waals surface area contributed by atoms with Crippen molar-refractivity contribution < 1.29 is 4.79 Å². The van der Waals surface area contributed by atoms with Crippen molar-refractivity contribution in [2.45, 2.75) is 18.9 Å². The molecule has 0 radical (unpaired) electrons. The lowest BCUT2D eigenvalue weighted by atomic mass is 10.0. The van der Waals surface area contributed by atoms with Gasteiger partial charge < -0.3 is 14.8 Å². The first kappa shape index (κ1) is 18.4. The number of benzene rings is 2. The Hall–Kier alpha value is -3.60. The van der Waals surface area contributed by atoms with Gasteiger partial charge in [0.25, 0.3) is 5.91 Å². The number of aromatic nitrogens is 2. The molecule has 1 aliphatic rings. The molecular formula is C25H24N4O. The third-order valence-electron chi connectivity index (χ3n) is 5.81. The molecule has 1 saturated heterocycles. The zero-order chi connectivity index (χ0) is 20.3. The number of rotatable bonds is 4. The molecule has 5 nitrogen and oxygen atoms in total. The van der Waals surface area contributed by atoms with Crippen molar-refractivity contribution in [3.63, 3.8) is 0 Å². The van der Waals surface area contributed by atoms with Crippen molar-refractivity contribution in [2.24, 2.45) is 0 Å². The Labute approximate surface area is 176 Å². The molecule has 4 aromatic rings. The van der Waals surface area contributed by atoms with Crippen LogP contribution >= 0.6 is 0 Å². The molecule has 0 bridgehead atoms. The van der Waals surface area contributed by atoms with Crippen LogP contribution < -0.4 is 10.2 Å². The minimum Gasteiger partial charge on any atom is -0.356 e. The highest BCUT2D eigenvalue weighted by molar-refractivity contribution is 5.94. The summed E-state index contributed by atoms with van der Waals surface area (Å²) < 4.78 is 2.03. The molecule has 1 fully saturated rings. The van der Waals surface area contributed by atoms with Crippen LogP contribution in [0, 0.1) is 0 Å². The Bertz CT molecular complexity index is 1140. The van der Waals surface area contributed by atoms with Crippen molar-refractivity contribution in [1.82, 2.24) is 14.9 Å². The van der Waals surface area contributed by atoms with Crippen LogP contribution in [-0.4, -0.2) is 34.6 Å². The smallest absolute Gasteiger partial charge is 0.251 e. The van der Waals surface area contributed by atoms with Crippen LogP contribution in [0.15, 0.2) is 85.3 Å². The van der Waals surface area contributed by atoms with E-state index in [1.54, 1.807) is 0 Å². The number of nitrogens with zero attached hydrogens (tertiary/aromatic N) is 3. The molecule has 150 valence electrons. The summed E-state index contributed by atoms with van der Waals surface area (Å²) in [5.41, 5.74) is 1.75. The summed E-state index contributed by atoms with van der Waals surface area (Å²) in [6.07, 6.45) is 7.69. The molecule has 1 amide bonds. The highest BCUT2D eigenvalue weighted by Gasteiger charge is 2.23. The second-order valence-electron chi connectivity index (χ2n) is 7.73. The number of carbonyl (C=O) groups excluding carboxylic acids is 1. The summed E-state index contributed by atoms with van der Waals surface area (Å²) >= 11 is 0. The number of pyridine rings is 1. The average molecular weight is 396 g/mol. The molecule has 5 heteroatoms. The number of nitrogens with one attached hydrogen (secondary N) is 1. The van der Waals surface area contributed by atoms with E-state index in [1.807, 2.05) is 65.6 Å². The van der Waals surface area contributed by atoms with E-state index >= 15 is 0 Å². The van der Waals surface area contributed by atoms with E-state index in [4.69, 9.17) is 0 Å². The molecule has 1 N–H and O–H groups in total. The van der Waals surface area contributed by atoms with Crippen LogP contribution in [0.5, 0.6) is 0 Å². The minimum absolute atomic E-state index is 0.00390. The van der Waals surface area contributed by atoms with Crippen LogP contribution in [0.2, 0.25) is 0 Å². The third kappa shape index (κ3) is 3.66. The summed E-state index contributed by atoms with van der Waals surface area (Å²) in [4.78, 5) is 19.7. The first-order valence-corrected chi connectivity index (χ1v) is 10.4. The monoisotopic (exact) mass is 396 g/mol. The van der Waals surface area contributed by atoms with Gasteiger partial charge in [-0.15, -0.1) is 0 Å². The first-order chi connectivity index (χ1) is 14.8. The van der Waals surface area contributed by atoms with Crippen LogP contribution in [-0.2, 0) is 0 Å². The molecule has 5 rings (SSSR count). The van der Waals surface area contributed by atoms with Crippen molar-refractivity contribution in [3.05, 3.63) is 90.9 Å². The van der Waals surface area contributed by atoms with Gasteiger partial charge in [-0.25, -0.2) is 4.98 Å². The fraction of sp³-hybridized carbons (Fsp3) is 0.200. The van der Waals surface area contributed by atoms with Crippen LogP contribution in [0.25, 0.3) is 16.5 Å². The molecular weight excluding hydrogens is 372 g/mol. The fourth-order valence-electron chi connectivity index (χ4n) is 4.15. The van der Waals surface area contributed by atoms with E-state index in [9.17, 15) is 4.79 Å². The Morgan fingerprint density at radius 1 is 0.900 bits per heavy atom. The number of hydrogen-bond acceptors (Lipinski definition) is 3. The van der Waals surface area contributed by atoms with Gasteiger partial charge >= 0.3 is 0 Å². The predicted molar refractivity (Wildman–Crippen MR) is 120 cm³/mol. The number of anilines is 1. The van der Waals surface area contributed by atoms with Gasteiger partial charge in [0.05, 0.1) is 0 Å². The van der Waals surface area contributed by atoms with Crippen molar-refractivity contribution in [1.29, 1.82) is 0 Å². The van der Waals surface area contributed by atoms with Crippen LogP contribution in [0.4, 0.5) is 5.82 Å². The predicted octanol–water partition coefficient (Wildman–Crippen LogP) is 4.42. The lowest BCUT2D eigenvalue weighted by Crippen LogP contribution is -2.45. The largest absolute Gasteiger partial charge is 0.356 e. The molecule has 2 aromatic heterocycles. The molecule has 0 atom stereocenters. The average Bonchev–Trinajstić information content (AvgIpc) is 3.34. The topological polar surface area (TPSA) is 50.2 Å². The lowest BCUT2D eigenvalue weighted by molar-refractivity contribution is 0.0931. The Balaban J connectivity index is 1.21. The van der Waals surface area contributed by atoms with E-state index in [0.717, 1.165) is 37.4 Å². The van der Waals surface area contributed by atoms with Gasteiger partial charge in [-0.2, -0.15) is 0 Å². The normalized spacial score (nSPS) is 14.7. The second-order valence-corrected chi connectivity index (χ2v) is 7.73. The number of carbonyl (C=O) groups is 1. The van der Waals surface area contributed by atoms with Gasteiger partial charge in [0.15, 0.2) is 0 Å². The highest BCUT2D eigenvalue weighted by Crippen LogP contribution is 2.26. The Kier molecular flexibility index (Phi) is 4.93. The summed E-state index contributed by atoms with van der Waals surface area (Å²) in [6.45, 7) is 1.77. The number of amides is 1. The highest BCUT2D eigenvalue weighted by atomic mass is 16.1. The first-order valence-electron chi connectivity index (χ1n) is 10.4. The molecule has 3 heterocycles. The Morgan fingerprint density at radius 2 is 1.63 bits per heavy atom. The van der Waals surface area contributed by atoms with Crippen LogP contribution in [0.1, 0.15) is 23.2 Å². The summed E-state index contributed by atoms with van der Waals surface area (Å²) in [6, 6.07) is 22.3. The second kappa shape index (κ2) is 8.03. The molecule has 0 saturated carbocycles. The van der Waals surface area contributed by atoms with Crippen LogP contribution in [0.3, 0.4) is 0 Å². The fourth-order valence-corrected chi connectivity index (χ4v) is 4.15. The zero-order valence-electron chi connectivity index (χ0n) is 16.7. The van der Waals surface area contributed by atoms with E-state index in [1.165, 1.54) is 10.8 Å². The van der Waals surface area contributed by atoms with E-state index in [0.29, 0.717) is 5.56 Å². The molecule has 0 aliphatic carbocycles. The maximum atomic E-state index is 12.7. The maximum absolute atomic E-state index is 12.7. The molecule has 30 heavy (non-hydrogen) atoms. The summed E-state index contributed by atoms with van der Waals surface area (Å²) in [7, 11) is 0. The van der Waals surface area contributed by atoms with Crippen molar-refractivity contribution in [3.8, 4) is 5.69 Å². The SMILES string of the molecule is O=C(NC1CCN(c2nccc3ccccc23)CC1)c1ccc(-n2cccc2)cc1. The molecule has 0 unspecified atom stereocenters. The zero-order valence-corrected chi connectivity index (χ0v) is 16.7. The van der Waals surface area contributed by atoms with Gasteiger partial charge in [-0.3, -0.25) is 4.79 Å². The number of fused-ring (bicyclic) bond motifs is 1. The summed E-state index contributed by atoms with van der Waals surface area (Å²) in [5.74, 6) is 1.04. The van der Waals surface area contributed by atoms with E-state index in [-0.39, 0.29) is 11.9 Å². The third-order valence-corrected chi connectivity index (χ3v) is 5.81. The van der Waals surface area contributed by atoms with Gasteiger partial charge in [0.2, 0.25) is 0 Å². The van der Waals surface area contributed by atoms with E-state index < -0.39 is 0 Å². The maximum Gasteiger partial charge on any atom is 0.251 e.